The second-order valence-corrected chi connectivity index (χ2v) is 42.8. The Morgan fingerprint density at radius 2 is 0.494 bits per heavy atom. The van der Waals surface area contributed by atoms with Gasteiger partial charge in [0, 0.05) is 150 Å². The Labute approximate surface area is 529 Å². The normalized spacial score (nSPS) is 12.1. The van der Waals surface area contributed by atoms with Crippen LogP contribution in [0.5, 0.6) is 0 Å². The minimum absolute atomic E-state index is 0.00748. The largest absolute Gasteiger partial charge is 0.398 e. The lowest BCUT2D eigenvalue weighted by atomic mass is 10.1. The second kappa shape index (κ2) is 54.3. The Hall–Kier alpha value is -2.28. The number of hydrogen-bond donors (Lipinski definition) is 8. The third-order valence-corrected chi connectivity index (χ3v) is 33.8. The lowest BCUT2D eigenvalue weighted by Gasteiger charge is -2.24. The molecule has 0 aliphatic rings. The number of aliphatic hydroxyl groups is 3. The van der Waals surface area contributed by atoms with Gasteiger partial charge in [-0.05, 0) is 120 Å². The van der Waals surface area contributed by atoms with E-state index in [1.165, 1.54) is 14.2 Å². The average Bonchev–Trinajstić information content (AvgIpc) is 3.60. The molecule has 32 heteroatoms. The second-order valence-electron chi connectivity index (χ2n) is 21.7. The van der Waals surface area contributed by atoms with Crippen LogP contribution in [0.25, 0.3) is 0 Å². The molecule has 26 nitrogen and oxygen atoms in total. The highest BCUT2D eigenvalue weighted by molar-refractivity contribution is 6.68. The number of rotatable bonds is 55. The molecule has 0 aromatic heterocycles. The molecule has 5 amide bonds. The first-order valence-electron chi connectivity index (χ1n) is 30.7. The number of hydrogen-bond acceptors (Lipinski definition) is 21. The molecule has 87 heavy (non-hydrogen) atoms. The summed E-state index contributed by atoms with van der Waals surface area (Å²) in [6.07, 6.45) is 13.7. The van der Waals surface area contributed by atoms with Crippen LogP contribution in [0.1, 0.15) is 128 Å². The number of carbonyl (C=O) groups excluding carboxylic acids is 6. The van der Waals surface area contributed by atoms with Gasteiger partial charge in [0.05, 0.1) is 18.7 Å². The molecule has 0 rings (SSSR count). The zero-order valence-electron chi connectivity index (χ0n) is 56.2. The summed E-state index contributed by atoms with van der Waals surface area (Å²) in [4.78, 5) is 71.1. The van der Waals surface area contributed by atoms with Crippen molar-refractivity contribution in [1.29, 1.82) is 0 Å². The van der Waals surface area contributed by atoms with Gasteiger partial charge >= 0.3 is 51.4 Å². The van der Waals surface area contributed by atoms with Crippen molar-refractivity contribution in [2.24, 2.45) is 0 Å². The smallest absolute Gasteiger partial charge is 0.364 e. The van der Waals surface area contributed by atoms with Gasteiger partial charge in [0.1, 0.15) is 12.2 Å². The zero-order valence-corrected chi connectivity index (χ0v) is 62.2. The molecule has 0 fully saturated rings. The van der Waals surface area contributed by atoms with Crippen LogP contribution in [0.3, 0.4) is 0 Å². The SMILES string of the molecule is CO[Si](C)(CCCCC(=O)CCCCC(=O)NCCC[Si](CO)(OC)OC)OC.CO[Si](C)(CCCNC(=O)CC(=O)NCCC[Si](CO)(OC)OC)OC.CO[Si](C)(CCCNC(=O)CCCCCCCC(=O)NCCC[Si](CO)(OC)OC)OC. The summed E-state index contributed by atoms with van der Waals surface area (Å²) < 4.78 is 64.3. The van der Waals surface area contributed by atoms with Crippen molar-refractivity contribution in [2.75, 3.05) is 137 Å². The van der Waals surface area contributed by atoms with Gasteiger partial charge in [-0.1, -0.05) is 25.7 Å². The van der Waals surface area contributed by atoms with Gasteiger partial charge in [-0.15, -0.1) is 0 Å². The Balaban J connectivity index is -0.00000122. The van der Waals surface area contributed by atoms with E-state index < -0.39 is 51.4 Å². The van der Waals surface area contributed by atoms with E-state index >= 15 is 0 Å². The van der Waals surface area contributed by atoms with E-state index in [4.69, 9.17) is 53.1 Å². The van der Waals surface area contributed by atoms with Gasteiger partial charge in [-0.25, -0.2) is 0 Å². The van der Waals surface area contributed by atoms with E-state index in [9.17, 15) is 44.1 Å². The van der Waals surface area contributed by atoms with E-state index in [0.29, 0.717) is 102 Å². The monoisotopic (exact) mass is 1360 g/mol. The topological polar surface area (TPSA) is 334 Å². The van der Waals surface area contributed by atoms with Crippen molar-refractivity contribution in [3.63, 3.8) is 0 Å². The van der Waals surface area contributed by atoms with Crippen molar-refractivity contribution in [2.45, 2.75) is 184 Å². The standard InChI is InChI=1S/C21H46N2O7Si2.C19H41NO7Si2.C15H34N2O7Si2/c1-27-31(5,28-2)17-11-15-22-20(25)13-9-7-6-8-10-14-21(26)23-16-12-18-32(19-24,29-3)30-4;1-24-28(5,25-2)15-9-8-12-18(22)11-6-7-13-19(23)20-14-10-16-29(17-21,26-3)27-4;1-21-25(5,22-2)10-6-8-16-14(19)12-15(20)17-9-7-11-26(13-18,23-3)24-4/h24H,6-19H2,1-5H3,(H,22,25)(H,23,26);21H,6-17H2,1-5H3,(H,20,23);18H,6-13H2,1-5H3,(H,16,19)(H,17,20). The minimum Gasteiger partial charge on any atom is -0.398 e. The number of nitrogens with one attached hydrogen (secondary N) is 5. The van der Waals surface area contributed by atoms with Crippen molar-refractivity contribution in [1.82, 2.24) is 26.6 Å². The fourth-order valence-electron chi connectivity index (χ4n) is 8.52. The number of amides is 5. The average molecular weight is 1360 g/mol. The maximum Gasteiger partial charge on any atom is 0.364 e. The van der Waals surface area contributed by atoms with Gasteiger partial charge in [-0.3, -0.25) is 28.8 Å². The fraction of sp³-hybridized carbons (Fsp3) is 0.891. The summed E-state index contributed by atoms with van der Waals surface area (Å²) in [6.45, 7) is 8.64. The highest BCUT2D eigenvalue weighted by Gasteiger charge is 2.36. The molecule has 0 saturated carbocycles. The predicted octanol–water partition coefficient (Wildman–Crippen LogP) is 4.81. The van der Waals surface area contributed by atoms with E-state index in [-0.39, 0.29) is 60.4 Å². The van der Waals surface area contributed by atoms with E-state index in [1.54, 1.807) is 71.1 Å². The molecule has 0 heterocycles. The highest BCUT2D eigenvalue weighted by atomic mass is 28.4. The molecule has 0 radical (unpaired) electrons. The summed E-state index contributed by atoms with van der Waals surface area (Å²) in [5, 5.41) is 42.3. The molecule has 0 unspecified atom stereocenters. The lowest BCUT2D eigenvalue weighted by molar-refractivity contribution is -0.129. The molecule has 0 aliphatic heterocycles. The third-order valence-electron chi connectivity index (χ3n) is 15.5. The lowest BCUT2D eigenvalue weighted by Crippen LogP contribution is -2.45. The Kier molecular flexibility index (Phi) is 55.5. The first-order valence-corrected chi connectivity index (χ1v) is 45.0. The highest BCUT2D eigenvalue weighted by Crippen LogP contribution is 2.19. The van der Waals surface area contributed by atoms with Crippen LogP contribution in [-0.2, 0) is 81.9 Å². The van der Waals surface area contributed by atoms with Crippen LogP contribution in [0, 0.1) is 0 Å². The Morgan fingerprint density at radius 1 is 0.276 bits per heavy atom. The van der Waals surface area contributed by atoms with Gasteiger partial charge < -0.3 is 95.0 Å². The predicted molar refractivity (Wildman–Crippen MR) is 349 cm³/mol. The maximum atomic E-state index is 11.9. The van der Waals surface area contributed by atoms with Gasteiger partial charge in [0.15, 0.2) is 0 Å². The van der Waals surface area contributed by atoms with Crippen molar-refractivity contribution in [3.05, 3.63) is 0 Å². The van der Waals surface area contributed by atoms with E-state index in [0.717, 1.165) is 88.8 Å². The quantitative estimate of drug-likeness (QED) is 0.0230. The van der Waals surface area contributed by atoms with Crippen LogP contribution >= 0.6 is 0 Å². The molecule has 8 N–H and O–H groups in total. The van der Waals surface area contributed by atoms with Crippen LogP contribution in [-0.4, -0.2) is 239 Å². The zero-order chi connectivity index (χ0) is 66.5. The van der Waals surface area contributed by atoms with Crippen molar-refractivity contribution >= 4 is 86.7 Å². The fourth-order valence-corrected chi connectivity index (χ4v) is 17.9. The summed E-state index contributed by atoms with van der Waals surface area (Å²) >= 11 is 0. The van der Waals surface area contributed by atoms with E-state index in [1.807, 2.05) is 19.6 Å². The van der Waals surface area contributed by atoms with Crippen LogP contribution in [0.4, 0.5) is 0 Å². The number of Topliss-reactive ketones (excluding diaryl/α,β-unsaturated/α-hetero) is 1. The summed E-state index contributed by atoms with van der Waals surface area (Å²) in [7, 11) is 5.47. The molecule has 0 bridgehead atoms. The van der Waals surface area contributed by atoms with Crippen LogP contribution in [0.2, 0.25) is 55.9 Å². The molecule has 0 saturated heterocycles. The first-order chi connectivity index (χ1) is 41.4. The Morgan fingerprint density at radius 3 is 0.759 bits per heavy atom. The molecular weight excluding hydrogens is 1240 g/mol. The summed E-state index contributed by atoms with van der Waals surface area (Å²) in [5.41, 5.74) is 0. The Bertz CT molecular complexity index is 1750. The molecule has 516 valence electrons. The summed E-state index contributed by atoms with van der Waals surface area (Å²) in [5.74, 6) is -0.246. The van der Waals surface area contributed by atoms with Gasteiger partial charge in [0.2, 0.25) is 29.5 Å². The summed E-state index contributed by atoms with van der Waals surface area (Å²) in [6, 6.07) is 4.35. The molecular formula is C55H121N5O21Si6. The first kappa shape index (κ1) is 88.9. The van der Waals surface area contributed by atoms with E-state index in [2.05, 4.69) is 26.6 Å². The molecule has 0 atom stereocenters. The van der Waals surface area contributed by atoms with Crippen molar-refractivity contribution in [3.8, 4) is 0 Å². The van der Waals surface area contributed by atoms with Crippen molar-refractivity contribution < 1.29 is 97.2 Å². The maximum absolute atomic E-state index is 11.9. The molecule has 0 aromatic carbocycles. The number of aliphatic hydroxyl groups excluding tert-OH is 3. The van der Waals surface area contributed by atoms with Crippen LogP contribution in [0.15, 0.2) is 0 Å². The molecule has 0 aliphatic carbocycles. The number of unbranched alkanes of at least 4 members (excludes halogenated alkanes) is 6. The number of ketones is 1. The molecule has 0 aromatic rings. The number of carbonyl (C=O) groups is 6. The van der Waals surface area contributed by atoms with Gasteiger partial charge in [-0.2, -0.15) is 0 Å². The van der Waals surface area contributed by atoms with Gasteiger partial charge in [0.25, 0.3) is 0 Å². The molecule has 0 spiro atoms. The minimum atomic E-state index is -2.56. The van der Waals surface area contributed by atoms with Crippen LogP contribution < -0.4 is 26.6 Å². The third kappa shape index (κ3) is 44.8.